The first-order valence-corrected chi connectivity index (χ1v) is 9.00. The Morgan fingerprint density at radius 1 is 1.30 bits per heavy atom. The summed E-state index contributed by atoms with van der Waals surface area (Å²) in [5, 5.41) is 3.27. The zero-order valence-corrected chi connectivity index (χ0v) is 14.3. The third-order valence-corrected chi connectivity index (χ3v) is 5.53. The predicted octanol–water partition coefficient (Wildman–Crippen LogP) is 3.10. The number of benzene rings is 1. The second-order valence-electron chi connectivity index (χ2n) is 7.28. The van der Waals surface area contributed by atoms with Gasteiger partial charge in [0.2, 0.25) is 5.91 Å². The molecule has 0 radical (unpaired) electrons. The van der Waals surface area contributed by atoms with Crippen LogP contribution in [0.4, 0.5) is 11.4 Å². The van der Waals surface area contributed by atoms with E-state index >= 15 is 0 Å². The van der Waals surface area contributed by atoms with Gasteiger partial charge in [0.15, 0.2) is 0 Å². The van der Waals surface area contributed by atoms with Gasteiger partial charge in [-0.05, 0) is 69.1 Å². The lowest BCUT2D eigenvalue weighted by molar-refractivity contribution is -0.123. The first-order chi connectivity index (χ1) is 11.1. The molecule has 1 unspecified atom stereocenters. The van der Waals surface area contributed by atoms with E-state index in [1.165, 1.54) is 18.4 Å². The summed E-state index contributed by atoms with van der Waals surface area (Å²) >= 11 is 0. The van der Waals surface area contributed by atoms with Crippen molar-refractivity contribution >= 4 is 17.3 Å². The number of rotatable bonds is 3. The molecule has 126 valence electrons. The Morgan fingerprint density at radius 3 is 2.78 bits per heavy atom. The molecule has 1 heterocycles. The number of carbonyl (C=O) groups is 1. The summed E-state index contributed by atoms with van der Waals surface area (Å²) in [6, 6.07) is 6.24. The Morgan fingerprint density at radius 2 is 2.04 bits per heavy atom. The summed E-state index contributed by atoms with van der Waals surface area (Å²) in [6.45, 7) is 5.24. The van der Waals surface area contributed by atoms with Crippen LogP contribution in [0.15, 0.2) is 18.2 Å². The van der Waals surface area contributed by atoms with Gasteiger partial charge in [0.25, 0.3) is 0 Å². The normalized spacial score (nSPS) is 25.6. The second-order valence-corrected chi connectivity index (χ2v) is 7.28. The first-order valence-electron chi connectivity index (χ1n) is 9.00. The maximum Gasteiger partial charge on any atom is 0.242 e. The minimum atomic E-state index is -0.143. The van der Waals surface area contributed by atoms with Crippen LogP contribution in [-0.4, -0.2) is 24.5 Å². The van der Waals surface area contributed by atoms with Gasteiger partial charge in [-0.1, -0.05) is 13.0 Å². The number of nitrogens with two attached hydrogens (primary N) is 1. The van der Waals surface area contributed by atoms with E-state index in [1.807, 2.05) is 19.1 Å². The Labute approximate surface area is 139 Å². The average molecular weight is 315 g/mol. The molecule has 1 fully saturated rings. The van der Waals surface area contributed by atoms with Crippen molar-refractivity contribution in [2.45, 2.75) is 64.5 Å². The largest absolute Gasteiger partial charge is 0.398 e. The first kappa shape index (κ1) is 16.2. The zero-order chi connectivity index (χ0) is 16.4. The molecule has 2 aliphatic rings. The predicted molar refractivity (Wildman–Crippen MR) is 95.5 cm³/mol. The molecule has 1 atom stereocenters. The summed E-state index contributed by atoms with van der Waals surface area (Å²) < 4.78 is 0. The Bertz CT molecular complexity index is 564. The Kier molecular flexibility index (Phi) is 4.79. The summed E-state index contributed by atoms with van der Waals surface area (Å²) in [6.07, 6.45) is 6.74. The lowest BCUT2D eigenvalue weighted by Gasteiger charge is -2.37. The molecule has 23 heavy (non-hydrogen) atoms. The number of nitrogens with one attached hydrogen (secondary N) is 1. The van der Waals surface area contributed by atoms with Gasteiger partial charge in [0.05, 0.1) is 0 Å². The van der Waals surface area contributed by atoms with Crippen molar-refractivity contribution in [1.82, 2.24) is 5.32 Å². The van der Waals surface area contributed by atoms with E-state index in [0.717, 1.165) is 49.5 Å². The molecule has 0 spiro atoms. The van der Waals surface area contributed by atoms with E-state index in [0.29, 0.717) is 6.04 Å². The minimum absolute atomic E-state index is 0.143. The molecule has 1 aliphatic carbocycles. The third kappa shape index (κ3) is 3.46. The molecule has 1 saturated carbocycles. The van der Waals surface area contributed by atoms with Crippen molar-refractivity contribution in [1.29, 1.82) is 0 Å². The Hall–Kier alpha value is -1.71. The van der Waals surface area contributed by atoms with Crippen molar-refractivity contribution in [3.05, 3.63) is 23.8 Å². The van der Waals surface area contributed by atoms with Gasteiger partial charge in [-0.25, -0.2) is 0 Å². The van der Waals surface area contributed by atoms with Crippen LogP contribution in [0.2, 0.25) is 0 Å². The number of anilines is 2. The number of nitrogens with zero attached hydrogens (tertiary/aromatic N) is 1. The summed E-state index contributed by atoms with van der Waals surface area (Å²) in [5.74, 6) is 0.956. The van der Waals surface area contributed by atoms with Crippen LogP contribution in [0.1, 0.15) is 51.5 Å². The van der Waals surface area contributed by atoms with Crippen molar-refractivity contribution in [2.75, 3.05) is 17.2 Å². The maximum absolute atomic E-state index is 12.7. The molecule has 1 aromatic carbocycles. The molecular weight excluding hydrogens is 286 g/mol. The fourth-order valence-corrected chi connectivity index (χ4v) is 3.95. The van der Waals surface area contributed by atoms with Crippen LogP contribution in [0.5, 0.6) is 0 Å². The van der Waals surface area contributed by atoms with Crippen molar-refractivity contribution in [3.63, 3.8) is 0 Å². The lowest BCUT2D eigenvalue weighted by atomic mass is 9.87. The van der Waals surface area contributed by atoms with E-state index in [9.17, 15) is 4.79 Å². The number of amides is 1. The molecule has 0 saturated heterocycles. The number of hydrogen-bond donors (Lipinski definition) is 2. The van der Waals surface area contributed by atoms with Crippen LogP contribution in [0, 0.1) is 5.92 Å². The summed E-state index contributed by atoms with van der Waals surface area (Å²) in [7, 11) is 0. The summed E-state index contributed by atoms with van der Waals surface area (Å²) in [4.78, 5) is 14.9. The third-order valence-electron chi connectivity index (χ3n) is 5.53. The van der Waals surface area contributed by atoms with Crippen LogP contribution in [0.25, 0.3) is 0 Å². The second kappa shape index (κ2) is 6.81. The molecule has 0 aromatic heterocycles. The average Bonchev–Trinajstić information content (AvgIpc) is 2.56. The topological polar surface area (TPSA) is 58.4 Å². The number of hydrogen-bond acceptors (Lipinski definition) is 3. The molecule has 4 nitrogen and oxygen atoms in total. The highest BCUT2D eigenvalue weighted by Crippen LogP contribution is 2.32. The van der Waals surface area contributed by atoms with Gasteiger partial charge in [-0.3, -0.25) is 4.79 Å². The smallest absolute Gasteiger partial charge is 0.242 e. The molecule has 3 N–H and O–H groups in total. The van der Waals surface area contributed by atoms with Crippen molar-refractivity contribution < 1.29 is 4.79 Å². The fourth-order valence-electron chi connectivity index (χ4n) is 3.95. The zero-order valence-electron chi connectivity index (χ0n) is 14.3. The van der Waals surface area contributed by atoms with Crippen LogP contribution >= 0.6 is 0 Å². The molecule has 4 heteroatoms. The molecular formula is C19H29N3O. The molecule has 0 bridgehead atoms. The highest BCUT2D eigenvalue weighted by molar-refractivity contribution is 5.86. The van der Waals surface area contributed by atoms with Crippen molar-refractivity contribution in [3.8, 4) is 0 Å². The fraction of sp³-hybridized carbons (Fsp3) is 0.632. The molecule has 1 amide bonds. The van der Waals surface area contributed by atoms with Gasteiger partial charge in [-0.2, -0.15) is 0 Å². The minimum Gasteiger partial charge on any atom is -0.398 e. The highest BCUT2D eigenvalue weighted by Gasteiger charge is 2.28. The van der Waals surface area contributed by atoms with E-state index in [1.54, 1.807) is 0 Å². The number of nitrogen functional groups attached to an aromatic ring is 1. The van der Waals surface area contributed by atoms with Gasteiger partial charge >= 0.3 is 0 Å². The van der Waals surface area contributed by atoms with Crippen LogP contribution in [-0.2, 0) is 11.2 Å². The maximum atomic E-state index is 12.7. The van der Waals surface area contributed by atoms with E-state index in [4.69, 9.17) is 5.73 Å². The lowest BCUT2D eigenvalue weighted by Crippen LogP contribution is -2.50. The molecule has 3 rings (SSSR count). The van der Waals surface area contributed by atoms with Gasteiger partial charge in [0, 0.05) is 24.0 Å². The molecule has 1 aliphatic heterocycles. The van der Waals surface area contributed by atoms with Crippen LogP contribution < -0.4 is 16.0 Å². The van der Waals surface area contributed by atoms with E-state index in [2.05, 4.69) is 23.2 Å². The number of carbonyl (C=O) groups excluding carboxylic acids is 1. The summed E-state index contributed by atoms with van der Waals surface area (Å²) in [5.41, 5.74) is 9.30. The monoisotopic (exact) mass is 315 g/mol. The van der Waals surface area contributed by atoms with E-state index in [-0.39, 0.29) is 11.9 Å². The van der Waals surface area contributed by atoms with Gasteiger partial charge in [-0.15, -0.1) is 0 Å². The molecule has 1 aromatic rings. The number of fused-ring (bicyclic) bond motifs is 1. The van der Waals surface area contributed by atoms with Crippen molar-refractivity contribution in [2.24, 2.45) is 5.92 Å². The van der Waals surface area contributed by atoms with Gasteiger partial charge < -0.3 is 16.0 Å². The quantitative estimate of drug-likeness (QED) is 0.843. The SMILES string of the molecule is CC1CCC(NC(=O)C(C)N2CCCc3c(N)cccc32)CC1. The van der Waals surface area contributed by atoms with E-state index < -0.39 is 0 Å². The standard InChI is InChI=1S/C19H29N3O/c1-13-8-10-15(11-9-13)21-19(23)14(2)22-12-4-5-16-17(20)6-3-7-18(16)22/h3,6-7,13-15H,4-5,8-12,20H2,1-2H3,(H,21,23). The highest BCUT2D eigenvalue weighted by atomic mass is 16.2. The van der Waals surface area contributed by atoms with Gasteiger partial charge in [0.1, 0.15) is 6.04 Å². The van der Waals surface area contributed by atoms with Crippen LogP contribution in [0.3, 0.4) is 0 Å². The Balaban J connectivity index is 1.68.